The van der Waals surface area contributed by atoms with Crippen molar-refractivity contribution in [2.75, 3.05) is 6.61 Å². The number of nitro benzene ring substituents is 1. The smallest absolute Gasteiger partial charge is 0.269 e. The zero-order valence-electron chi connectivity index (χ0n) is 13.4. The third kappa shape index (κ3) is 4.28. The van der Waals surface area contributed by atoms with Gasteiger partial charge in [0.2, 0.25) is 5.91 Å². The molecule has 7 heteroatoms. The molecule has 0 aromatic heterocycles. The number of carbonyl (C=O) groups is 1. The third-order valence-electron chi connectivity index (χ3n) is 4.18. The fourth-order valence-electron chi connectivity index (χ4n) is 2.87. The van der Waals surface area contributed by atoms with E-state index in [0.29, 0.717) is 30.3 Å². The lowest BCUT2D eigenvalue weighted by Gasteiger charge is -2.25. The highest BCUT2D eigenvalue weighted by Gasteiger charge is 2.31. The molecule has 0 unspecified atom stereocenters. The molecule has 0 bridgehead atoms. The van der Waals surface area contributed by atoms with Crippen molar-refractivity contribution in [2.24, 2.45) is 0 Å². The molecule has 1 heterocycles. The Kier molecular flexibility index (Phi) is 5.19. The summed E-state index contributed by atoms with van der Waals surface area (Å²) in [7, 11) is 0. The van der Waals surface area contributed by atoms with Gasteiger partial charge in [-0.05, 0) is 36.2 Å². The number of non-ortho nitro benzene ring substituents is 1. The molecule has 1 aliphatic rings. The van der Waals surface area contributed by atoms with Crippen molar-refractivity contribution in [1.82, 2.24) is 4.90 Å². The molecule has 0 spiro atoms. The minimum Gasteiger partial charge on any atom is -0.491 e. The minimum atomic E-state index is -0.452. The summed E-state index contributed by atoms with van der Waals surface area (Å²) in [6.45, 7) is 0.845. The van der Waals surface area contributed by atoms with Crippen LogP contribution in [0.1, 0.15) is 18.4 Å². The van der Waals surface area contributed by atoms with E-state index in [2.05, 4.69) is 0 Å². The maximum absolute atomic E-state index is 12.2. The topological polar surface area (TPSA) is 72.7 Å². The summed E-state index contributed by atoms with van der Waals surface area (Å²) < 4.78 is 5.72. The van der Waals surface area contributed by atoms with Crippen molar-refractivity contribution in [3.63, 3.8) is 0 Å². The molecule has 0 N–H and O–H groups in total. The van der Waals surface area contributed by atoms with E-state index in [4.69, 9.17) is 16.3 Å². The van der Waals surface area contributed by atoms with Gasteiger partial charge in [0, 0.05) is 30.1 Å². The molecule has 2 aromatic rings. The van der Waals surface area contributed by atoms with E-state index in [0.717, 1.165) is 12.0 Å². The van der Waals surface area contributed by atoms with E-state index < -0.39 is 4.92 Å². The Bertz CT molecular complexity index is 779. The molecule has 0 aliphatic carbocycles. The van der Waals surface area contributed by atoms with E-state index >= 15 is 0 Å². The normalized spacial score (nSPS) is 16.9. The van der Waals surface area contributed by atoms with Crippen LogP contribution in [0, 0.1) is 10.1 Å². The van der Waals surface area contributed by atoms with E-state index in [1.165, 1.54) is 12.1 Å². The van der Waals surface area contributed by atoms with Crippen molar-refractivity contribution < 1.29 is 14.5 Å². The number of benzene rings is 2. The van der Waals surface area contributed by atoms with Crippen LogP contribution in [0.25, 0.3) is 0 Å². The second kappa shape index (κ2) is 7.53. The first-order valence-corrected chi connectivity index (χ1v) is 8.32. The molecule has 0 saturated carbocycles. The Morgan fingerprint density at radius 3 is 2.68 bits per heavy atom. The Hall–Kier alpha value is -2.60. The number of likely N-dealkylation sites (tertiary alicyclic amines) is 1. The molecule has 0 radical (unpaired) electrons. The van der Waals surface area contributed by atoms with Crippen LogP contribution in [0.4, 0.5) is 5.69 Å². The number of nitro groups is 1. The highest BCUT2D eigenvalue weighted by Crippen LogP contribution is 2.24. The second-order valence-electron chi connectivity index (χ2n) is 5.91. The summed E-state index contributed by atoms with van der Waals surface area (Å²) in [6.07, 6.45) is 1.22. The van der Waals surface area contributed by atoms with Gasteiger partial charge in [-0.25, -0.2) is 0 Å². The molecule has 1 saturated heterocycles. The first-order chi connectivity index (χ1) is 12.0. The van der Waals surface area contributed by atoms with Crippen molar-refractivity contribution in [2.45, 2.75) is 25.4 Å². The first-order valence-electron chi connectivity index (χ1n) is 7.94. The van der Waals surface area contributed by atoms with Crippen molar-refractivity contribution in [3.05, 3.63) is 69.2 Å². The van der Waals surface area contributed by atoms with Gasteiger partial charge in [0.25, 0.3) is 5.69 Å². The van der Waals surface area contributed by atoms with Gasteiger partial charge < -0.3 is 9.64 Å². The number of halogens is 1. The monoisotopic (exact) mass is 360 g/mol. The van der Waals surface area contributed by atoms with E-state index in [9.17, 15) is 14.9 Å². The Balaban J connectivity index is 1.62. The van der Waals surface area contributed by atoms with Gasteiger partial charge in [-0.2, -0.15) is 0 Å². The standard InChI is InChI=1S/C18H17ClN2O4/c19-14-3-1-2-13(10-14)11-20-16(6-9-18(20)22)12-25-17-7-4-15(5-8-17)21(23)24/h1-5,7-8,10,16H,6,9,11-12H2/t16-/m0/s1. The number of carbonyl (C=O) groups excluding carboxylic acids is 1. The molecule has 6 nitrogen and oxygen atoms in total. The van der Waals surface area contributed by atoms with Crippen LogP contribution in [0.5, 0.6) is 5.75 Å². The number of rotatable bonds is 6. The number of amides is 1. The van der Waals surface area contributed by atoms with Crippen molar-refractivity contribution in [3.8, 4) is 5.75 Å². The highest BCUT2D eigenvalue weighted by atomic mass is 35.5. The molecule has 1 amide bonds. The van der Waals surface area contributed by atoms with Gasteiger partial charge in [-0.1, -0.05) is 23.7 Å². The Labute approximate surface area is 150 Å². The molecule has 130 valence electrons. The van der Waals surface area contributed by atoms with Crippen LogP contribution < -0.4 is 4.74 Å². The molecular formula is C18H17ClN2O4. The van der Waals surface area contributed by atoms with Gasteiger partial charge in [0.15, 0.2) is 0 Å². The number of ether oxygens (including phenoxy) is 1. The zero-order valence-corrected chi connectivity index (χ0v) is 14.2. The molecular weight excluding hydrogens is 344 g/mol. The first kappa shape index (κ1) is 17.2. The molecule has 25 heavy (non-hydrogen) atoms. The Morgan fingerprint density at radius 2 is 2.00 bits per heavy atom. The van der Waals surface area contributed by atoms with Gasteiger partial charge in [-0.15, -0.1) is 0 Å². The van der Waals surface area contributed by atoms with Crippen molar-refractivity contribution in [1.29, 1.82) is 0 Å². The van der Waals surface area contributed by atoms with Crippen LogP contribution in [-0.4, -0.2) is 28.4 Å². The number of hydrogen-bond acceptors (Lipinski definition) is 4. The molecule has 3 rings (SSSR count). The second-order valence-corrected chi connectivity index (χ2v) is 6.34. The number of hydrogen-bond donors (Lipinski definition) is 0. The molecule has 1 atom stereocenters. The van der Waals surface area contributed by atoms with Crippen LogP contribution in [0.15, 0.2) is 48.5 Å². The van der Waals surface area contributed by atoms with Crippen LogP contribution in [0.2, 0.25) is 5.02 Å². The summed E-state index contributed by atoms with van der Waals surface area (Å²) >= 11 is 6.00. The van der Waals surface area contributed by atoms with E-state index in [1.54, 1.807) is 23.1 Å². The Morgan fingerprint density at radius 1 is 1.24 bits per heavy atom. The number of nitrogens with zero attached hydrogens (tertiary/aromatic N) is 2. The minimum absolute atomic E-state index is 0.0194. The fraction of sp³-hybridized carbons (Fsp3) is 0.278. The maximum Gasteiger partial charge on any atom is 0.269 e. The summed E-state index contributed by atoms with van der Waals surface area (Å²) in [5.74, 6) is 0.643. The van der Waals surface area contributed by atoms with Gasteiger partial charge >= 0.3 is 0 Å². The molecule has 1 aliphatic heterocycles. The lowest BCUT2D eigenvalue weighted by atomic mass is 10.2. The fourth-order valence-corrected chi connectivity index (χ4v) is 3.09. The van der Waals surface area contributed by atoms with Crippen molar-refractivity contribution >= 4 is 23.2 Å². The van der Waals surface area contributed by atoms with Gasteiger partial charge in [-0.3, -0.25) is 14.9 Å². The van der Waals surface area contributed by atoms with E-state index in [-0.39, 0.29) is 17.6 Å². The zero-order chi connectivity index (χ0) is 17.8. The van der Waals surface area contributed by atoms with Crippen LogP contribution in [-0.2, 0) is 11.3 Å². The summed E-state index contributed by atoms with van der Waals surface area (Å²) in [5.41, 5.74) is 0.995. The van der Waals surface area contributed by atoms with Crippen LogP contribution >= 0.6 is 11.6 Å². The summed E-state index contributed by atoms with van der Waals surface area (Å²) in [6, 6.07) is 13.4. The molecule has 1 fully saturated rings. The third-order valence-corrected chi connectivity index (χ3v) is 4.42. The maximum atomic E-state index is 12.2. The summed E-state index contributed by atoms with van der Waals surface area (Å²) in [4.78, 5) is 24.2. The SMILES string of the molecule is O=C1CC[C@@H](COc2ccc([N+](=O)[O-])cc2)N1Cc1cccc(Cl)c1. The van der Waals surface area contributed by atoms with Gasteiger partial charge in [0.1, 0.15) is 12.4 Å². The average Bonchev–Trinajstić information content (AvgIpc) is 2.93. The lowest BCUT2D eigenvalue weighted by Crippen LogP contribution is -2.36. The largest absolute Gasteiger partial charge is 0.491 e. The van der Waals surface area contributed by atoms with Gasteiger partial charge in [0.05, 0.1) is 11.0 Å². The molecule has 2 aromatic carbocycles. The van der Waals surface area contributed by atoms with E-state index in [1.807, 2.05) is 18.2 Å². The van der Waals surface area contributed by atoms with Crippen LogP contribution in [0.3, 0.4) is 0 Å². The predicted molar refractivity (Wildman–Crippen MR) is 93.6 cm³/mol. The quantitative estimate of drug-likeness (QED) is 0.580. The average molecular weight is 361 g/mol. The highest BCUT2D eigenvalue weighted by molar-refractivity contribution is 6.30. The predicted octanol–water partition coefficient (Wildman–Crippen LogP) is 3.82. The summed E-state index contributed by atoms with van der Waals surface area (Å²) in [5, 5.41) is 11.3. The lowest BCUT2D eigenvalue weighted by molar-refractivity contribution is -0.384.